The number of nitrogens with zero attached hydrogens (tertiary/aromatic N) is 3. The second-order valence-corrected chi connectivity index (χ2v) is 5.51. The van der Waals surface area contributed by atoms with Crippen molar-refractivity contribution in [2.45, 2.75) is 6.54 Å². The van der Waals surface area contributed by atoms with Crippen molar-refractivity contribution >= 4 is 22.2 Å². The minimum atomic E-state index is -0.136. The molecule has 104 valence electrons. The van der Waals surface area contributed by atoms with Gasteiger partial charge in [0.1, 0.15) is 5.52 Å². The highest BCUT2D eigenvalue weighted by Gasteiger charge is 2.06. The van der Waals surface area contributed by atoms with E-state index in [1.807, 2.05) is 24.3 Å². The first-order valence-electron chi connectivity index (χ1n) is 6.38. The van der Waals surface area contributed by atoms with Crippen molar-refractivity contribution < 1.29 is 0 Å². The van der Waals surface area contributed by atoms with Crippen LogP contribution in [0, 0.1) is 11.8 Å². The molecule has 3 aromatic rings. The van der Waals surface area contributed by atoms with Gasteiger partial charge in [-0.05, 0) is 24.3 Å². The molecule has 0 bridgehead atoms. The average molecular weight is 296 g/mol. The van der Waals surface area contributed by atoms with E-state index in [0.717, 1.165) is 9.75 Å². The summed E-state index contributed by atoms with van der Waals surface area (Å²) in [6, 6.07) is 11.1. The lowest BCUT2D eigenvalue weighted by Crippen LogP contribution is -2.24. The van der Waals surface area contributed by atoms with E-state index in [4.69, 9.17) is 5.73 Å². The topological polar surface area (TPSA) is 73.8 Å². The van der Waals surface area contributed by atoms with Crippen LogP contribution in [0.3, 0.4) is 0 Å². The summed E-state index contributed by atoms with van der Waals surface area (Å²) in [7, 11) is 0. The summed E-state index contributed by atoms with van der Waals surface area (Å²) < 4.78 is 1.37. The van der Waals surface area contributed by atoms with Gasteiger partial charge in [-0.1, -0.05) is 29.2 Å². The van der Waals surface area contributed by atoms with Crippen LogP contribution >= 0.6 is 11.3 Å². The van der Waals surface area contributed by atoms with Gasteiger partial charge in [0.25, 0.3) is 5.56 Å². The van der Waals surface area contributed by atoms with Gasteiger partial charge >= 0.3 is 0 Å². The number of rotatable bonds is 2. The number of benzene rings is 1. The maximum absolute atomic E-state index is 12.3. The molecule has 0 radical (unpaired) electrons. The molecule has 0 saturated carbocycles. The van der Waals surface area contributed by atoms with Gasteiger partial charge in [-0.2, -0.15) is 0 Å². The third-order valence-electron chi connectivity index (χ3n) is 2.91. The Bertz CT molecular complexity index is 901. The number of aromatic nitrogens is 3. The smallest absolute Gasteiger partial charge is 0.277 e. The molecule has 0 fully saturated rings. The van der Waals surface area contributed by atoms with Crippen molar-refractivity contribution in [3.63, 3.8) is 0 Å². The van der Waals surface area contributed by atoms with Gasteiger partial charge in [-0.15, -0.1) is 16.4 Å². The maximum atomic E-state index is 12.3. The van der Waals surface area contributed by atoms with Crippen LogP contribution in [-0.4, -0.2) is 21.5 Å². The number of nitrogens with two attached hydrogens (primary N) is 1. The standard InChI is InChI=1S/C15H12N4OS/c16-9-3-4-11-7-8-12(21-11)10-19-15(20)13-5-1-2-6-14(13)17-18-19/h1-2,5-8H,9-10,16H2. The fourth-order valence-electron chi connectivity index (χ4n) is 1.94. The lowest BCUT2D eigenvalue weighted by Gasteiger charge is -2.02. The monoisotopic (exact) mass is 296 g/mol. The van der Waals surface area contributed by atoms with E-state index < -0.39 is 0 Å². The fraction of sp³-hybridized carbons (Fsp3) is 0.133. The van der Waals surface area contributed by atoms with Crippen LogP contribution in [0.4, 0.5) is 0 Å². The van der Waals surface area contributed by atoms with E-state index in [-0.39, 0.29) is 5.56 Å². The molecule has 21 heavy (non-hydrogen) atoms. The Morgan fingerprint density at radius 3 is 2.95 bits per heavy atom. The van der Waals surface area contributed by atoms with E-state index in [1.165, 1.54) is 16.0 Å². The molecule has 1 aromatic carbocycles. The Kier molecular flexibility index (Phi) is 3.77. The molecule has 0 atom stereocenters. The van der Waals surface area contributed by atoms with Crippen LogP contribution in [0.15, 0.2) is 41.2 Å². The predicted molar refractivity (Wildman–Crippen MR) is 83.2 cm³/mol. The molecule has 2 heterocycles. The highest BCUT2D eigenvalue weighted by atomic mass is 32.1. The summed E-state index contributed by atoms with van der Waals surface area (Å²) in [4.78, 5) is 14.3. The van der Waals surface area contributed by atoms with Crippen LogP contribution in [0.5, 0.6) is 0 Å². The van der Waals surface area contributed by atoms with Crippen LogP contribution in [0.2, 0.25) is 0 Å². The van der Waals surface area contributed by atoms with Crippen LogP contribution in [-0.2, 0) is 6.54 Å². The van der Waals surface area contributed by atoms with E-state index >= 15 is 0 Å². The second-order valence-electron chi connectivity index (χ2n) is 4.34. The molecular formula is C15H12N4OS. The minimum absolute atomic E-state index is 0.136. The molecule has 3 rings (SSSR count). The number of hydrogen-bond acceptors (Lipinski definition) is 5. The molecule has 0 spiro atoms. The summed E-state index contributed by atoms with van der Waals surface area (Å²) in [5.41, 5.74) is 5.82. The molecular weight excluding hydrogens is 284 g/mol. The molecule has 0 aliphatic rings. The molecule has 6 heteroatoms. The highest BCUT2D eigenvalue weighted by Crippen LogP contribution is 2.16. The Labute approximate surface area is 125 Å². The zero-order valence-electron chi connectivity index (χ0n) is 11.1. The Balaban J connectivity index is 1.93. The largest absolute Gasteiger partial charge is 0.320 e. The first kappa shape index (κ1) is 13.5. The lowest BCUT2D eigenvalue weighted by atomic mass is 10.2. The maximum Gasteiger partial charge on any atom is 0.277 e. The van der Waals surface area contributed by atoms with Crippen LogP contribution in [0.25, 0.3) is 10.9 Å². The Morgan fingerprint density at radius 2 is 2.10 bits per heavy atom. The molecule has 0 aliphatic heterocycles. The molecule has 0 unspecified atom stereocenters. The first-order valence-corrected chi connectivity index (χ1v) is 7.20. The summed E-state index contributed by atoms with van der Waals surface area (Å²) in [5.74, 6) is 5.78. The Morgan fingerprint density at radius 1 is 1.24 bits per heavy atom. The van der Waals surface area contributed by atoms with Crippen LogP contribution < -0.4 is 11.3 Å². The van der Waals surface area contributed by atoms with Crippen molar-refractivity contribution in [2.24, 2.45) is 5.73 Å². The number of fused-ring (bicyclic) bond motifs is 1. The second kappa shape index (κ2) is 5.87. The van der Waals surface area contributed by atoms with Gasteiger partial charge in [-0.3, -0.25) is 4.79 Å². The van der Waals surface area contributed by atoms with Crippen molar-refractivity contribution in [2.75, 3.05) is 6.54 Å². The third-order valence-corrected chi connectivity index (χ3v) is 3.90. The van der Waals surface area contributed by atoms with Crippen molar-refractivity contribution in [3.8, 4) is 11.8 Å². The lowest BCUT2D eigenvalue weighted by molar-refractivity contribution is 0.606. The van der Waals surface area contributed by atoms with Gasteiger partial charge in [0.15, 0.2) is 0 Å². The van der Waals surface area contributed by atoms with Crippen molar-refractivity contribution in [1.82, 2.24) is 15.0 Å². The van der Waals surface area contributed by atoms with Crippen molar-refractivity contribution in [3.05, 3.63) is 56.5 Å². The quantitative estimate of drug-likeness (QED) is 0.721. The van der Waals surface area contributed by atoms with Gasteiger partial charge in [0, 0.05) is 4.88 Å². The highest BCUT2D eigenvalue weighted by molar-refractivity contribution is 7.12. The van der Waals surface area contributed by atoms with Crippen LogP contribution in [0.1, 0.15) is 9.75 Å². The molecule has 2 aromatic heterocycles. The third kappa shape index (κ3) is 2.84. The van der Waals surface area contributed by atoms with Gasteiger partial charge < -0.3 is 5.73 Å². The predicted octanol–water partition coefficient (Wildman–Crippen LogP) is 1.21. The summed E-state index contributed by atoms with van der Waals surface area (Å²) in [6.07, 6.45) is 0. The average Bonchev–Trinajstić information content (AvgIpc) is 2.96. The zero-order valence-corrected chi connectivity index (χ0v) is 11.9. The fourth-order valence-corrected chi connectivity index (χ4v) is 2.81. The first-order chi connectivity index (χ1) is 10.3. The molecule has 5 nitrogen and oxygen atoms in total. The molecule has 0 aliphatic carbocycles. The van der Waals surface area contributed by atoms with Gasteiger partial charge in [0.2, 0.25) is 0 Å². The van der Waals surface area contributed by atoms with Gasteiger partial charge in [0.05, 0.1) is 23.4 Å². The number of hydrogen-bond donors (Lipinski definition) is 1. The summed E-state index contributed by atoms with van der Waals surface area (Å²) in [6.45, 7) is 0.731. The van der Waals surface area contributed by atoms with E-state index in [0.29, 0.717) is 24.0 Å². The summed E-state index contributed by atoms with van der Waals surface area (Å²) in [5, 5.41) is 8.62. The number of thiophene rings is 1. The molecule has 2 N–H and O–H groups in total. The summed E-state index contributed by atoms with van der Waals surface area (Å²) >= 11 is 1.53. The minimum Gasteiger partial charge on any atom is -0.320 e. The SMILES string of the molecule is NCC#Cc1ccc(Cn2nnc3ccccc3c2=O)s1. The Hall–Kier alpha value is -2.49. The molecule has 0 saturated heterocycles. The van der Waals surface area contributed by atoms with E-state index in [1.54, 1.807) is 12.1 Å². The van der Waals surface area contributed by atoms with E-state index in [9.17, 15) is 4.79 Å². The van der Waals surface area contributed by atoms with Crippen molar-refractivity contribution in [1.29, 1.82) is 0 Å². The molecule has 0 amide bonds. The zero-order chi connectivity index (χ0) is 14.7. The normalized spacial score (nSPS) is 10.3. The van der Waals surface area contributed by atoms with E-state index in [2.05, 4.69) is 22.2 Å². The van der Waals surface area contributed by atoms with Gasteiger partial charge in [-0.25, -0.2) is 4.68 Å².